The van der Waals surface area contributed by atoms with Gasteiger partial charge in [0.2, 0.25) is 0 Å². The molecular formula is C17H20N2O3. The minimum Gasteiger partial charge on any atom is -0.461 e. The Morgan fingerprint density at radius 2 is 1.91 bits per heavy atom. The molecule has 0 saturated carbocycles. The summed E-state index contributed by atoms with van der Waals surface area (Å²) in [5, 5.41) is 4.30. The second kappa shape index (κ2) is 7.54. The van der Waals surface area contributed by atoms with Crippen molar-refractivity contribution >= 4 is 11.8 Å². The van der Waals surface area contributed by atoms with E-state index in [1.165, 1.54) is 0 Å². The Bertz CT molecular complexity index is 647. The number of hydrogen-bond donors (Lipinski definition) is 0. The highest BCUT2D eigenvalue weighted by Gasteiger charge is 2.19. The zero-order chi connectivity index (χ0) is 15.9. The van der Waals surface area contributed by atoms with Crippen LogP contribution in [0.5, 0.6) is 0 Å². The second-order valence-electron chi connectivity index (χ2n) is 4.98. The Morgan fingerprint density at radius 3 is 2.55 bits per heavy atom. The van der Waals surface area contributed by atoms with Crippen molar-refractivity contribution < 1.29 is 14.3 Å². The quantitative estimate of drug-likeness (QED) is 0.737. The molecule has 2 rings (SSSR count). The maximum atomic E-state index is 12.0. The molecule has 0 amide bonds. The van der Waals surface area contributed by atoms with Crippen LogP contribution in [0.2, 0.25) is 0 Å². The van der Waals surface area contributed by atoms with Gasteiger partial charge in [-0.1, -0.05) is 37.3 Å². The molecule has 0 fully saturated rings. The van der Waals surface area contributed by atoms with Crippen LogP contribution < -0.4 is 0 Å². The lowest BCUT2D eigenvalue weighted by Crippen LogP contribution is -2.11. The lowest BCUT2D eigenvalue weighted by Gasteiger charge is -2.01. The average molecular weight is 300 g/mol. The number of carbonyl (C=O) groups is 2. The van der Waals surface area contributed by atoms with Gasteiger partial charge in [0, 0.05) is 24.6 Å². The predicted octanol–water partition coefficient (Wildman–Crippen LogP) is 2.63. The van der Waals surface area contributed by atoms with Gasteiger partial charge in [0.1, 0.15) is 5.78 Å². The third-order valence-electron chi connectivity index (χ3n) is 3.28. The molecule has 0 bridgehead atoms. The van der Waals surface area contributed by atoms with Crippen molar-refractivity contribution in [1.29, 1.82) is 0 Å². The first-order chi connectivity index (χ1) is 10.6. The Morgan fingerprint density at radius 1 is 1.18 bits per heavy atom. The van der Waals surface area contributed by atoms with Gasteiger partial charge in [0.05, 0.1) is 13.2 Å². The number of ether oxygens (including phenoxy) is 1. The van der Waals surface area contributed by atoms with Crippen molar-refractivity contribution in [3.05, 3.63) is 53.3 Å². The van der Waals surface area contributed by atoms with E-state index in [9.17, 15) is 9.59 Å². The number of ketones is 1. The van der Waals surface area contributed by atoms with Gasteiger partial charge in [0.15, 0.2) is 5.69 Å². The molecule has 0 aliphatic carbocycles. The van der Waals surface area contributed by atoms with Crippen LogP contribution in [0.4, 0.5) is 0 Å². The molecule has 0 aliphatic rings. The molecule has 1 aromatic heterocycles. The Balaban J connectivity index is 2.26. The first-order valence-electron chi connectivity index (χ1n) is 7.43. The smallest absolute Gasteiger partial charge is 0.359 e. The summed E-state index contributed by atoms with van der Waals surface area (Å²) in [5.74, 6) is -0.405. The Hall–Kier alpha value is -2.43. The zero-order valence-electron chi connectivity index (χ0n) is 12.9. The highest BCUT2D eigenvalue weighted by atomic mass is 16.5. The van der Waals surface area contributed by atoms with Gasteiger partial charge in [-0.3, -0.25) is 9.48 Å². The molecule has 0 saturated heterocycles. The molecule has 116 valence electrons. The topological polar surface area (TPSA) is 61.2 Å². The van der Waals surface area contributed by atoms with E-state index in [4.69, 9.17) is 4.74 Å². The Labute approximate surface area is 129 Å². The van der Waals surface area contributed by atoms with Gasteiger partial charge in [-0.05, 0) is 12.5 Å². The molecule has 0 radical (unpaired) electrons. The number of aromatic nitrogens is 2. The van der Waals surface area contributed by atoms with Crippen LogP contribution in [0.25, 0.3) is 0 Å². The predicted molar refractivity (Wildman–Crippen MR) is 82.7 cm³/mol. The fourth-order valence-electron chi connectivity index (χ4n) is 2.15. The van der Waals surface area contributed by atoms with E-state index in [2.05, 4.69) is 5.10 Å². The highest BCUT2D eigenvalue weighted by molar-refractivity contribution is 5.91. The standard InChI is InChI=1S/C17H20N2O3/c1-3-15(20)10-14-12-19(11-13-8-6-5-7-9-13)18-16(14)17(21)22-4-2/h5-9,12H,3-4,10-11H2,1-2H3. The number of Topliss-reactive ketones (excluding diaryl/α,β-unsaturated/α-hetero) is 1. The van der Waals surface area contributed by atoms with Gasteiger partial charge < -0.3 is 4.74 Å². The van der Waals surface area contributed by atoms with Crippen molar-refractivity contribution in [3.8, 4) is 0 Å². The highest BCUT2D eigenvalue weighted by Crippen LogP contribution is 2.13. The summed E-state index contributed by atoms with van der Waals surface area (Å²) in [4.78, 5) is 23.7. The minimum atomic E-state index is -0.479. The van der Waals surface area contributed by atoms with Gasteiger partial charge in [0.25, 0.3) is 0 Å². The Kier molecular flexibility index (Phi) is 5.47. The second-order valence-corrected chi connectivity index (χ2v) is 4.98. The van der Waals surface area contributed by atoms with Crippen LogP contribution in [0.15, 0.2) is 36.5 Å². The van der Waals surface area contributed by atoms with E-state index >= 15 is 0 Å². The van der Waals surface area contributed by atoms with Crippen molar-refractivity contribution in [3.63, 3.8) is 0 Å². The molecule has 5 nitrogen and oxygen atoms in total. The summed E-state index contributed by atoms with van der Waals surface area (Å²) in [6.07, 6.45) is 2.40. The van der Waals surface area contributed by atoms with Gasteiger partial charge in [-0.25, -0.2) is 4.79 Å². The van der Waals surface area contributed by atoms with Crippen molar-refractivity contribution in [2.24, 2.45) is 0 Å². The maximum absolute atomic E-state index is 12.0. The van der Waals surface area contributed by atoms with E-state index in [-0.39, 0.29) is 24.5 Å². The maximum Gasteiger partial charge on any atom is 0.359 e. The molecule has 1 heterocycles. The molecule has 22 heavy (non-hydrogen) atoms. The fourth-order valence-corrected chi connectivity index (χ4v) is 2.15. The van der Waals surface area contributed by atoms with Gasteiger partial charge >= 0.3 is 5.97 Å². The molecule has 2 aromatic rings. The van der Waals surface area contributed by atoms with Gasteiger partial charge in [-0.2, -0.15) is 5.10 Å². The van der Waals surface area contributed by atoms with Crippen LogP contribution in [0.3, 0.4) is 0 Å². The van der Waals surface area contributed by atoms with Crippen molar-refractivity contribution in [2.75, 3.05) is 6.61 Å². The number of hydrogen-bond acceptors (Lipinski definition) is 4. The summed E-state index contributed by atoms with van der Waals surface area (Å²) in [5.41, 5.74) is 1.94. The number of rotatable bonds is 7. The normalized spacial score (nSPS) is 10.5. The van der Waals surface area contributed by atoms with E-state index in [0.29, 0.717) is 18.5 Å². The molecule has 0 atom stereocenters. The number of esters is 1. The van der Waals surface area contributed by atoms with Crippen molar-refractivity contribution in [2.45, 2.75) is 33.2 Å². The van der Waals surface area contributed by atoms with Crippen LogP contribution in [0, 0.1) is 0 Å². The molecule has 0 N–H and O–H groups in total. The van der Waals surface area contributed by atoms with Crippen LogP contribution in [0.1, 0.15) is 41.9 Å². The fraction of sp³-hybridized carbons (Fsp3) is 0.353. The van der Waals surface area contributed by atoms with E-state index in [0.717, 1.165) is 5.56 Å². The monoisotopic (exact) mass is 300 g/mol. The summed E-state index contributed by atoms with van der Waals surface area (Å²) >= 11 is 0. The zero-order valence-corrected chi connectivity index (χ0v) is 12.9. The van der Waals surface area contributed by atoms with Gasteiger partial charge in [-0.15, -0.1) is 0 Å². The van der Waals surface area contributed by atoms with E-state index < -0.39 is 5.97 Å². The molecule has 1 aromatic carbocycles. The largest absolute Gasteiger partial charge is 0.461 e. The third kappa shape index (κ3) is 4.04. The molecule has 0 aliphatic heterocycles. The van der Waals surface area contributed by atoms with Crippen LogP contribution in [-0.2, 0) is 22.5 Å². The third-order valence-corrected chi connectivity index (χ3v) is 3.28. The molecule has 5 heteroatoms. The minimum absolute atomic E-state index is 0.0739. The van der Waals surface area contributed by atoms with Crippen LogP contribution >= 0.6 is 0 Å². The average Bonchev–Trinajstić information content (AvgIpc) is 2.91. The van der Waals surface area contributed by atoms with Crippen LogP contribution in [-0.4, -0.2) is 28.1 Å². The first kappa shape index (κ1) is 15.9. The number of benzene rings is 1. The lowest BCUT2D eigenvalue weighted by atomic mass is 10.1. The summed E-state index contributed by atoms with van der Waals surface area (Å²) in [6.45, 7) is 4.38. The van der Waals surface area contributed by atoms with E-state index in [1.54, 1.807) is 24.7 Å². The molecule has 0 spiro atoms. The van der Waals surface area contributed by atoms with E-state index in [1.807, 2.05) is 30.3 Å². The van der Waals surface area contributed by atoms with Crippen molar-refractivity contribution in [1.82, 2.24) is 9.78 Å². The SMILES string of the molecule is CCOC(=O)c1nn(Cc2ccccc2)cc1CC(=O)CC. The number of nitrogens with zero attached hydrogens (tertiary/aromatic N) is 2. The summed E-state index contributed by atoms with van der Waals surface area (Å²) in [7, 11) is 0. The summed E-state index contributed by atoms with van der Waals surface area (Å²) < 4.78 is 6.70. The molecule has 0 unspecified atom stereocenters. The first-order valence-corrected chi connectivity index (χ1v) is 7.43. The lowest BCUT2D eigenvalue weighted by molar-refractivity contribution is -0.118. The molecular weight excluding hydrogens is 280 g/mol. The number of carbonyl (C=O) groups excluding carboxylic acids is 2. The summed E-state index contributed by atoms with van der Waals surface area (Å²) in [6, 6.07) is 9.83.